The largest absolute Gasteiger partial charge is 0.479 e. The molecule has 0 aliphatic carbocycles. The molecular weight excluding hydrogens is 166 g/mol. The van der Waals surface area contributed by atoms with Gasteiger partial charge in [-0.3, -0.25) is 0 Å². The van der Waals surface area contributed by atoms with Crippen LogP contribution in [0.5, 0.6) is 5.88 Å². The fourth-order valence-corrected chi connectivity index (χ4v) is 1.19. The molecule has 0 radical (unpaired) electrons. The highest BCUT2D eigenvalue weighted by atomic mass is 16.5. The van der Waals surface area contributed by atoms with Crippen LogP contribution in [0.25, 0.3) is 10.9 Å². The van der Waals surface area contributed by atoms with E-state index >= 15 is 0 Å². The van der Waals surface area contributed by atoms with Gasteiger partial charge in [-0.25, -0.2) is 9.97 Å². The van der Waals surface area contributed by atoms with Crippen LogP contribution < -0.4 is 10.5 Å². The predicted octanol–water partition coefficient (Wildman–Crippen LogP) is 1.22. The van der Waals surface area contributed by atoms with Crippen molar-refractivity contribution in [1.82, 2.24) is 9.97 Å². The third kappa shape index (κ3) is 1.26. The summed E-state index contributed by atoms with van der Waals surface area (Å²) in [5, 5.41) is 0.973. The van der Waals surface area contributed by atoms with E-state index in [1.165, 1.54) is 0 Å². The van der Waals surface area contributed by atoms with E-state index in [0.29, 0.717) is 17.2 Å². The van der Waals surface area contributed by atoms with Crippen molar-refractivity contribution >= 4 is 16.7 Å². The molecule has 2 heterocycles. The summed E-state index contributed by atoms with van der Waals surface area (Å²) in [6.45, 7) is 0. The second-order valence-corrected chi connectivity index (χ2v) is 2.63. The van der Waals surface area contributed by atoms with E-state index in [1.54, 1.807) is 19.4 Å². The Morgan fingerprint density at radius 2 is 2.15 bits per heavy atom. The summed E-state index contributed by atoms with van der Waals surface area (Å²) in [6, 6.07) is 5.51. The zero-order chi connectivity index (χ0) is 9.26. The first-order valence-electron chi connectivity index (χ1n) is 3.86. The number of ether oxygens (including phenoxy) is 1. The lowest BCUT2D eigenvalue weighted by atomic mass is 10.2. The first-order chi connectivity index (χ1) is 6.31. The molecule has 13 heavy (non-hydrogen) atoms. The standard InChI is InChI=1S/C9H9N3O/c1-13-9-8-6(4-5-11-9)2-3-7(10)12-8/h2-5H,1H3,(H2,10,12). The molecule has 0 aliphatic rings. The second kappa shape index (κ2) is 2.90. The Hall–Kier alpha value is -1.84. The Bertz CT molecular complexity index is 442. The molecular formula is C9H9N3O. The summed E-state index contributed by atoms with van der Waals surface area (Å²) in [4.78, 5) is 8.16. The van der Waals surface area contributed by atoms with Gasteiger partial charge in [-0.05, 0) is 18.2 Å². The van der Waals surface area contributed by atoms with Gasteiger partial charge in [-0.1, -0.05) is 0 Å². The van der Waals surface area contributed by atoms with Crippen LogP contribution in [0.2, 0.25) is 0 Å². The Balaban J connectivity index is 2.79. The molecule has 4 nitrogen and oxygen atoms in total. The van der Waals surface area contributed by atoms with Crippen molar-refractivity contribution in [1.29, 1.82) is 0 Å². The molecule has 0 bridgehead atoms. The average molecular weight is 175 g/mol. The fraction of sp³-hybridized carbons (Fsp3) is 0.111. The minimum absolute atomic E-state index is 0.471. The lowest BCUT2D eigenvalue weighted by Gasteiger charge is -2.02. The highest BCUT2D eigenvalue weighted by Gasteiger charge is 2.02. The lowest BCUT2D eigenvalue weighted by Crippen LogP contribution is -1.94. The van der Waals surface area contributed by atoms with Crippen LogP contribution >= 0.6 is 0 Å². The molecule has 0 aliphatic heterocycles. The van der Waals surface area contributed by atoms with Gasteiger partial charge in [0.05, 0.1) is 7.11 Å². The number of aromatic nitrogens is 2. The first kappa shape index (κ1) is 7.79. The number of anilines is 1. The van der Waals surface area contributed by atoms with Crippen LogP contribution in [0.3, 0.4) is 0 Å². The molecule has 0 atom stereocenters. The van der Waals surface area contributed by atoms with E-state index in [-0.39, 0.29) is 0 Å². The normalized spacial score (nSPS) is 10.2. The molecule has 2 rings (SSSR count). The van der Waals surface area contributed by atoms with Crippen LogP contribution in [0.4, 0.5) is 5.82 Å². The predicted molar refractivity (Wildman–Crippen MR) is 50.5 cm³/mol. The highest BCUT2D eigenvalue weighted by molar-refractivity contribution is 5.83. The van der Waals surface area contributed by atoms with Crippen molar-refractivity contribution in [3.63, 3.8) is 0 Å². The summed E-state index contributed by atoms with van der Waals surface area (Å²) in [6.07, 6.45) is 1.68. The van der Waals surface area contributed by atoms with Crippen molar-refractivity contribution in [2.75, 3.05) is 12.8 Å². The Morgan fingerprint density at radius 1 is 1.31 bits per heavy atom. The maximum Gasteiger partial charge on any atom is 0.240 e. The lowest BCUT2D eigenvalue weighted by molar-refractivity contribution is 0.402. The number of pyridine rings is 2. The van der Waals surface area contributed by atoms with Crippen LogP contribution in [-0.2, 0) is 0 Å². The molecule has 0 saturated heterocycles. The first-order valence-corrected chi connectivity index (χ1v) is 3.86. The Kier molecular flexibility index (Phi) is 1.73. The van der Waals surface area contributed by atoms with E-state index in [2.05, 4.69) is 9.97 Å². The quantitative estimate of drug-likeness (QED) is 0.707. The third-order valence-electron chi connectivity index (χ3n) is 1.79. The number of nitrogens with two attached hydrogens (primary N) is 1. The van der Waals surface area contributed by atoms with Gasteiger partial charge in [0.2, 0.25) is 5.88 Å². The van der Waals surface area contributed by atoms with Crippen molar-refractivity contribution in [2.24, 2.45) is 0 Å². The zero-order valence-electron chi connectivity index (χ0n) is 7.19. The molecule has 0 unspecified atom stereocenters. The Morgan fingerprint density at radius 3 is 2.92 bits per heavy atom. The van der Waals surface area contributed by atoms with Gasteiger partial charge >= 0.3 is 0 Å². The highest BCUT2D eigenvalue weighted by Crippen LogP contribution is 2.20. The summed E-state index contributed by atoms with van der Waals surface area (Å²) in [7, 11) is 1.56. The van der Waals surface area contributed by atoms with Gasteiger partial charge in [0.25, 0.3) is 0 Å². The molecule has 2 N–H and O–H groups in total. The summed E-state index contributed by atoms with van der Waals surface area (Å²) < 4.78 is 5.05. The number of fused-ring (bicyclic) bond motifs is 1. The van der Waals surface area contributed by atoms with Crippen molar-refractivity contribution < 1.29 is 4.74 Å². The van der Waals surface area contributed by atoms with Gasteiger partial charge < -0.3 is 10.5 Å². The number of nitrogens with zero attached hydrogens (tertiary/aromatic N) is 2. The number of hydrogen-bond acceptors (Lipinski definition) is 4. The molecule has 66 valence electrons. The molecule has 4 heteroatoms. The maximum atomic E-state index is 5.55. The summed E-state index contributed by atoms with van der Waals surface area (Å²) in [5.74, 6) is 0.976. The van der Waals surface area contributed by atoms with Gasteiger partial charge in [-0.15, -0.1) is 0 Å². The third-order valence-corrected chi connectivity index (χ3v) is 1.79. The zero-order valence-corrected chi connectivity index (χ0v) is 7.19. The Labute approximate surface area is 75.4 Å². The van der Waals surface area contributed by atoms with Gasteiger partial charge in [0, 0.05) is 11.6 Å². The average Bonchev–Trinajstić information content (AvgIpc) is 2.17. The van der Waals surface area contributed by atoms with Crippen molar-refractivity contribution in [3.05, 3.63) is 24.4 Å². The minimum Gasteiger partial charge on any atom is -0.479 e. The fourth-order valence-electron chi connectivity index (χ4n) is 1.19. The van der Waals surface area contributed by atoms with Gasteiger partial charge in [0.15, 0.2) is 0 Å². The molecule has 0 saturated carbocycles. The summed E-state index contributed by atoms with van der Waals surface area (Å²) >= 11 is 0. The topological polar surface area (TPSA) is 61.0 Å². The number of methoxy groups -OCH3 is 1. The summed E-state index contributed by atoms with van der Waals surface area (Å²) in [5.41, 5.74) is 6.25. The maximum absolute atomic E-state index is 5.55. The molecule has 0 aromatic carbocycles. The SMILES string of the molecule is COc1nccc2ccc(N)nc12. The smallest absolute Gasteiger partial charge is 0.240 e. The number of nitrogen functional groups attached to an aromatic ring is 1. The van der Waals surface area contributed by atoms with Gasteiger partial charge in [-0.2, -0.15) is 0 Å². The molecule has 0 amide bonds. The van der Waals surface area contributed by atoms with Gasteiger partial charge in [0.1, 0.15) is 11.3 Å². The molecule has 0 spiro atoms. The molecule has 2 aromatic heterocycles. The van der Waals surface area contributed by atoms with Crippen LogP contribution in [0.1, 0.15) is 0 Å². The monoisotopic (exact) mass is 175 g/mol. The van der Waals surface area contributed by atoms with E-state index < -0.39 is 0 Å². The van der Waals surface area contributed by atoms with Crippen LogP contribution in [-0.4, -0.2) is 17.1 Å². The van der Waals surface area contributed by atoms with Crippen LogP contribution in [0.15, 0.2) is 24.4 Å². The molecule has 2 aromatic rings. The van der Waals surface area contributed by atoms with Crippen molar-refractivity contribution in [2.45, 2.75) is 0 Å². The minimum atomic E-state index is 0.471. The van der Waals surface area contributed by atoms with Crippen molar-refractivity contribution in [3.8, 4) is 5.88 Å². The number of rotatable bonds is 1. The van der Waals surface area contributed by atoms with Crippen LogP contribution in [0, 0.1) is 0 Å². The second-order valence-electron chi connectivity index (χ2n) is 2.63. The molecule has 0 fully saturated rings. The van der Waals surface area contributed by atoms with E-state index in [4.69, 9.17) is 10.5 Å². The van der Waals surface area contributed by atoms with E-state index in [0.717, 1.165) is 5.39 Å². The van der Waals surface area contributed by atoms with E-state index in [1.807, 2.05) is 12.1 Å². The number of hydrogen-bond donors (Lipinski definition) is 1. The van der Waals surface area contributed by atoms with E-state index in [9.17, 15) is 0 Å².